The Bertz CT molecular complexity index is 391. The molecule has 0 spiro atoms. The smallest absolute Gasteiger partial charge is 0.0771 e. The van der Waals surface area contributed by atoms with Crippen LogP contribution in [0.3, 0.4) is 0 Å². The van der Waals surface area contributed by atoms with Crippen molar-refractivity contribution in [3.8, 4) is 0 Å². The molecule has 0 amide bonds. The van der Waals surface area contributed by atoms with Gasteiger partial charge in [0, 0.05) is 27.3 Å². The highest BCUT2D eigenvalue weighted by Gasteiger charge is 2.32. The van der Waals surface area contributed by atoms with E-state index < -0.39 is 5.60 Å². The molecule has 2 nitrogen and oxygen atoms in total. The zero-order valence-corrected chi connectivity index (χ0v) is 14.2. The van der Waals surface area contributed by atoms with E-state index in [1.54, 1.807) is 0 Å². The molecule has 1 aliphatic rings. The number of hydrogen-bond donors (Lipinski definition) is 2. The quantitative estimate of drug-likeness (QED) is 0.836. The highest BCUT2D eigenvalue weighted by molar-refractivity contribution is 9.10. The second-order valence-corrected chi connectivity index (χ2v) is 7.99. The zero-order chi connectivity index (χ0) is 13.9. The van der Waals surface area contributed by atoms with E-state index in [9.17, 15) is 5.11 Å². The number of aryl methyl sites for hydroxylation is 1. The van der Waals surface area contributed by atoms with Crippen molar-refractivity contribution in [1.29, 1.82) is 0 Å². The van der Waals surface area contributed by atoms with Gasteiger partial charge in [-0.1, -0.05) is 13.3 Å². The van der Waals surface area contributed by atoms with Crippen LogP contribution in [0.1, 0.15) is 48.8 Å². The lowest BCUT2D eigenvalue weighted by Crippen LogP contribution is -2.43. The first-order valence-corrected chi connectivity index (χ1v) is 8.81. The van der Waals surface area contributed by atoms with Crippen LogP contribution in [-0.2, 0) is 6.54 Å². The molecular weight excluding hydrogens is 322 g/mol. The lowest BCUT2D eigenvalue weighted by atomic mass is 9.78. The molecule has 19 heavy (non-hydrogen) atoms. The van der Waals surface area contributed by atoms with Crippen LogP contribution in [0.25, 0.3) is 0 Å². The van der Waals surface area contributed by atoms with Gasteiger partial charge < -0.3 is 10.4 Å². The molecule has 0 radical (unpaired) electrons. The zero-order valence-electron chi connectivity index (χ0n) is 11.8. The van der Waals surface area contributed by atoms with Crippen LogP contribution in [0.15, 0.2) is 10.5 Å². The third kappa shape index (κ3) is 4.28. The fourth-order valence-electron chi connectivity index (χ4n) is 2.82. The minimum absolute atomic E-state index is 0.477. The van der Waals surface area contributed by atoms with Crippen molar-refractivity contribution in [3.05, 3.63) is 20.3 Å². The van der Waals surface area contributed by atoms with Crippen LogP contribution in [0, 0.1) is 12.8 Å². The second kappa shape index (κ2) is 6.70. The van der Waals surface area contributed by atoms with Gasteiger partial charge in [-0.3, -0.25) is 0 Å². The van der Waals surface area contributed by atoms with Crippen LogP contribution in [0.2, 0.25) is 0 Å². The molecule has 1 aromatic rings. The maximum absolute atomic E-state index is 10.6. The number of rotatable bonds is 5. The summed E-state index contributed by atoms with van der Waals surface area (Å²) in [5, 5.41) is 14.0. The van der Waals surface area contributed by atoms with Gasteiger partial charge in [-0.15, -0.1) is 11.3 Å². The molecule has 0 saturated heterocycles. The largest absolute Gasteiger partial charge is 0.389 e. The van der Waals surface area contributed by atoms with E-state index in [4.69, 9.17) is 0 Å². The molecule has 2 N–H and O–H groups in total. The summed E-state index contributed by atoms with van der Waals surface area (Å²) in [6, 6.07) is 2.17. The number of hydrogen-bond acceptors (Lipinski definition) is 3. The molecular formula is C15H24BrNOS. The molecule has 0 aliphatic heterocycles. The summed E-state index contributed by atoms with van der Waals surface area (Å²) in [5.74, 6) is 0.830. The normalized spacial score (nSPS) is 27.7. The third-order valence-corrected chi connectivity index (χ3v) is 6.41. The molecule has 0 bridgehead atoms. The van der Waals surface area contributed by atoms with Crippen molar-refractivity contribution in [3.63, 3.8) is 0 Å². The average molecular weight is 346 g/mol. The van der Waals surface area contributed by atoms with Crippen molar-refractivity contribution in [2.24, 2.45) is 5.92 Å². The molecule has 2 rings (SSSR count). The Hall–Kier alpha value is 0.1000. The first-order valence-electron chi connectivity index (χ1n) is 7.20. The van der Waals surface area contributed by atoms with Crippen molar-refractivity contribution < 1.29 is 5.11 Å². The maximum Gasteiger partial charge on any atom is 0.0771 e. The standard InChI is InChI=1S/C15H24BrNOS/c1-3-12-4-6-15(18,7-5-12)10-17-9-13-8-14(16)11(2)19-13/h8,12,17-18H,3-7,9-10H2,1-2H3. The second-order valence-electron chi connectivity index (χ2n) is 5.80. The summed E-state index contributed by atoms with van der Waals surface area (Å²) in [4.78, 5) is 2.65. The van der Waals surface area contributed by atoms with E-state index in [-0.39, 0.29) is 0 Å². The van der Waals surface area contributed by atoms with E-state index in [0.717, 1.165) is 31.8 Å². The van der Waals surface area contributed by atoms with Gasteiger partial charge in [0.25, 0.3) is 0 Å². The van der Waals surface area contributed by atoms with Crippen LogP contribution >= 0.6 is 27.3 Å². The van der Waals surface area contributed by atoms with E-state index >= 15 is 0 Å². The summed E-state index contributed by atoms with van der Waals surface area (Å²) < 4.78 is 1.19. The van der Waals surface area contributed by atoms with Crippen LogP contribution in [-0.4, -0.2) is 17.3 Å². The summed E-state index contributed by atoms with van der Waals surface area (Å²) in [7, 11) is 0. The Labute approximate surface area is 128 Å². The van der Waals surface area contributed by atoms with Gasteiger partial charge in [-0.05, 0) is 60.5 Å². The molecule has 0 aromatic carbocycles. The van der Waals surface area contributed by atoms with Gasteiger partial charge in [-0.25, -0.2) is 0 Å². The number of aliphatic hydroxyl groups is 1. The van der Waals surface area contributed by atoms with Gasteiger partial charge in [0.1, 0.15) is 0 Å². The average Bonchev–Trinajstić information content (AvgIpc) is 2.69. The predicted octanol–water partition coefficient (Wildman–Crippen LogP) is 4.24. The van der Waals surface area contributed by atoms with Gasteiger partial charge in [0.2, 0.25) is 0 Å². The first-order chi connectivity index (χ1) is 9.02. The molecule has 1 heterocycles. The Morgan fingerprint density at radius 2 is 2.16 bits per heavy atom. The number of halogens is 1. The molecule has 0 unspecified atom stereocenters. The van der Waals surface area contributed by atoms with Gasteiger partial charge >= 0.3 is 0 Å². The minimum atomic E-state index is -0.477. The maximum atomic E-state index is 10.6. The Kier molecular flexibility index (Phi) is 5.46. The van der Waals surface area contributed by atoms with Crippen molar-refractivity contribution in [1.82, 2.24) is 5.32 Å². The molecule has 1 aromatic heterocycles. The third-order valence-electron chi connectivity index (χ3n) is 4.27. The fourth-order valence-corrected chi connectivity index (χ4v) is 4.39. The first kappa shape index (κ1) is 15.5. The summed E-state index contributed by atoms with van der Waals surface area (Å²) in [6.45, 7) is 5.96. The van der Waals surface area contributed by atoms with Crippen molar-refractivity contribution in [2.75, 3.05) is 6.54 Å². The molecule has 108 valence electrons. The minimum Gasteiger partial charge on any atom is -0.389 e. The highest BCUT2D eigenvalue weighted by atomic mass is 79.9. The van der Waals surface area contributed by atoms with Gasteiger partial charge in [0.15, 0.2) is 0 Å². The van der Waals surface area contributed by atoms with E-state index in [1.165, 1.54) is 33.5 Å². The van der Waals surface area contributed by atoms with Crippen LogP contribution in [0.5, 0.6) is 0 Å². The summed E-state index contributed by atoms with van der Waals surface area (Å²) >= 11 is 5.36. The Morgan fingerprint density at radius 3 is 2.68 bits per heavy atom. The lowest BCUT2D eigenvalue weighted by Gasteiger charge is -2.36. The SMILES string of the molecule is CCC1CCC(O)(CNCc2cc(Br)c(C)s2)CC1. The Morgan fingerprint density at radius 1 is 1.47 bits per heavy atom. The molecule has 1 saturated carbocycles. The van der Waals surface area contributed by atoms with Gasteiger partial charge in [-0.2, -0.15) is 0 Å². The summed E-state index contributed by atoms with van der Waals surface area (Å²) in [5.41, 5.74) is -0.477. The fraction of sp³-hybridized carbons (Fsp3) is 0.733. The van der Waals surface area contributed by atoms with E-state index in [0.29, 0.717) is 0 Å². The summed E-state index contributed by atoms with van der Waals surface area (Å²) in [6.07, 6.45) is 5.51. The lowest BCUT2D eigenvalue weighted by molar-refractivity contribution is -0.00876. The molecule has 1 aliphatic carbocycles. The monoisotopic (exact) mass is 345 g/mol. The Balaban J connectivity index is 1.76. The molecule has 1 fully saturated rings. The van der Waals surface area contributed by atoms with Crippen molar-refractivity contribution in [2.45, 2.75) is 58.1 Å². The van der Waals surface area contributed by atoms with Crippen molar-refractivity contribution >= 4 is 27.3 Å². The predicted molar refractivity (Wildman–Crippen MR) is 85.7 cm³/mol. The number of thiophene rings is 1. The topological polar surface area (TPSA) is 32.3 Å². The van der Waals surface area contributed by atoms with E-state index in [1.807, 2.05) is 11.3 Å². The van der Waals surface area contributed by atoms with E-state index in [2.05, 4.69) is 41.2 Å². The van der Waals surface area contributed by atoms with Crippen LogP contribution < -0.4 is 5.32 Å². The highest BCUT2D eigenvalue weighted by Crippen LogP contribution is 2.33. The molecule has 0 atom stereocenters. The molecule has 4 heteroatoms. The van der Waals surface area contributed by atoms with Crippen LogP contribution in [0.4, 0.5) is 0 Å². The van der Waals surface area contributed by atoms with Gasteiger partial charge in [0.05, 0.1) is 5.60 Å². The number of nitrogens with one attached hydrogen (secondary N) is 1.